The van der Waals surface area contributed by atoms with Gasteiger partial charge in [0.05, 0.1) is 6.33 Å². The predicted molar refractivity (Wildman–Crippen MR) is 106 cm³/mol. The molecule has 7 heteroatoms. The van der Waals surface area contributed by atoms with Crippen LogP contribution in [0.3, 0.4) is 0 Å². The predicted octanol–water partition coefficient (Wildman–Crippen LogP) is 2.48. The Morgan fingerprint density at radius 2 is 1.79 bits per heavy atom. The molecule has 1 heterocycles. The SMILES string of the molecule is CC(C)(C)C(C)(C)C(C#N)(NC(=O)c1ccc(Cn2ccnc2)cc1)C(N)=O. The summed E-state index contributed by atoms with van der Waals surface area (Å²) >= 11 is 0. The van der Waals surface area contributed by atoms with Crippen LogP contribution in [0.2, 0.25) is 0 Å². The maximum Gasteiger partial charge on any atom is 0.258 e. The second-order valence-corrected chi connectivity index (χ2v) is 8.49. The normalized spacial score (nSPS) is 14.0. The van der Waals surface area contributed by atoms with Gasteiger partial charge in [0.1, 0.15) is 6.07 Å². The van der Waals surface area contributed by atoms with Crippen LogP contribution in [0.25, 0.3) is 0 Å². The van der Waals surface area contributed by atoms with E-state index < -0.39 is 28.2 Å². The number of aromatic nitrogens is 2. The standard InChI is InChI=1S/C21H27N5O2/c1-19(2,3)20(4,5)21(13-22,18(23)28)25-17(27)16-8-6-15(7-9-16)12-26-11-10-24-14-26/h6-11,14H,12H2,1-5H3,(H2,23,28)(H,25,27). The summed E-state index contributed by atoms with van der Waals surface area (Å²) in [6, 6.07) is 8.95. The molecular weight excluding hydrogens is 354 g/mol. The Hall–Kier alpha value is -3.14. The smallest absolute Gasteiger partial charge is 0.258 e. The maximum atomic E-state index is 12.8. The molecule has 0 fully saturated rings. The Bertz CT molecular complexity index is 886. The first-order chi connectivity index (χ1) is 12.9. The first kappa shape index (κ1) is 21.2. The molecule has 1 unspecified atom stereocenters. The number of nitrogens with zero attached hydrogens (tertiary/aromatic N) is 3. The fourth-order valence-electron chi connectivity index (χ4n) is 2.91. The number of benzene rings is 1. The molecule has 148 valence electrons. The third-order valence-electron chi connectivity index (χ3n) is 5.79. The highest BCUT2D eigenvalue weighted by Crippen LogP contribution is 2.46. The van der Waals surface area contributed by atoms with Crippen molar-refractivity contribution in [2.45, 2.75) is 46.7 Å². The van der Waals surface area contributed by atoms with Crippen LogP contribution in [0.1, 0.15) is 50.5 Å². The van der Waals surface area contributed by atoms with E-state index in [1.807, 2.05) is 49.7 Å². The van der Waals surface area contributed by atoms with Crippen LogP contribution >= 0.6 is 0 Å². The molecule has 1 aromatic heterocycles. The Morgan fingerprint density at radius 3 is 2.21 bits per heavy atom. The molecule has 1 aromatic carbocycles. The van der Waals surface area contributed by atoms with E-state index in [0.29, 0.717) is 12.1 Å². The zero-order valence-electron chi connectivity index (χ0n) is 17.0. The van der Waals surface area contributed by atoms with E-state index in [2.05, 4.69) is 10.3 Å². The van der Waals surface area contributed by atoms with E-state index in [1.165, 1.54) is 0 Å². The molecule has 0 aliphatic heterocycles. The summed E-state index contributed by atoms with van der Waals surface area (Å²) in [5, 5.41) is 12.5. The number of nitrogens with one attached hydrogen (secondary N) is 1. The van der Waals surface area contributed by atoms with Gasteiger partial charge in [-0.25, -0.2) is 4.98 Å². The van der Waals surface area contributed by atoms with E-state index >= 15 is 0 Å². The van der Waals surface area contributed by atoms with Crippen molar-refractivity contribution in [1.82, 2.24) is 14.9 Å². The lowest BCUT2D eigenvalue weighted by Gasteiger charge is -2.48. The second-order valence-electron chi connectivity index (χ2n) is 8.49. The van der Waals surface area contributed by atoms with Gasteiger partial charge in [-0.3, -0.25) is 9.59 Å². The van der Waals surface area contributed by atoms with Gasteiger partial charge in [-0.05, 0) is 23.1 Å². The topological polar surface area (TPSA) is 114 Å². The van der Waals surface area contributed by atoms with Gasteiger partial charge in [-0.1, -0.05) is 46.8 Å². The summed E-state index contributed by atoms with van der Waals surface area (Å²) in [5.74, 6) is -1.40. The minimum atomic E-state index is -1.85. The lowest BCUT2D eigenvalue weighted by Crippen LogP contribution is -2.67. The summed E-state index contributed by atoms with van der Waals surface area (Å²) in [6.07, 6.45) is 5.26. The Morgan fingerprint density at radius 1 is 1.18 bits per heavy atom. The van der Waals surface area contributed by atoms with Crippen molar-refractivity contribution in [2.75, 3.05) is 0 Å². The van der Waals surface area contributed by atoms with E-state index in [0.717, 1.165) is 5.56 Å². The molecule has 7 nitrogen and oxygen atoms in total. The zero-order chi connectivity index (χ0) is 21.2. The quantitative estimate of drug-likeness (QED) is 0.800. The number of carbonyl (C=O) groups excluding carboxylic acids is 2. The number of amides is 2. The van der Waals surface area contributed by atoms with Crippen LogP contribution in [0, 0.1) is 22.2 Å². The number of hydrogen-bond donors (Lipinski definition) is 2. The largest absolute Gasteiger partial charge is 0.367 e. The lowest BCUT2D eigenvalue weighted by molar-refractivity contribution is -0.129. The third-order valence-corrected chi connectivity index (χ3v) is 5.79. The van der Waals surface area contributed by atoms with Gasteiger partial charge in [-0.15, -0.1) is 0 Å². The molecule has 0 spiro atoms. The molecule has 28 heavy (non-hydrogen) atoms. The number of carbonyl (C=O) groups is 2. The molecule has 0 aliphatic carbocycles. The van der Waals surface area contributed by atoms with Gasteiger partial charge in [-0.2, -0.15) is 5.26 Å². The van der Waals surface area contributed by atoms with Crippen molar-refractivity contribution < 1.29 is 9.59 Å². The van der Waals surface area contributed by atoms with E-state index in [1.54, 1.807) is 38.5 Å². The van der Waals surface area contributed by atoms with Gasteiger partial charge in [0.25, 0.3) is 11.8 Å². The van der Waals surface area contributed by atoms with E-state index in [9.17, 15) is 14.9 Å². The van der Waals surface area contributed by atoms with Gasteiger partial charge in [0.2, 0.25) is 5.54 Å². The molecule has 3 N–H and O–H groups in total. The van der Waals surface area contributed by atoms with Crippen molar-refractivity contribution in [1.29, 1.82) is 5.26 Å². The highest BCUT2D eigenvalue weighted by molar-refractivity contribution is 6.00. The molecule has 2 amide bonds. The van der Waals surface area contributed by atoms with Crippen LogP contribution in [-0.2, 0) is 11.3 Å². The van der Waals surface area contributed by atoms with E-state index in [4.69, 9.17) is 5.73 Å². The first-order valence-electron chi connectivity index (χ1n) is 9.03. The number of hydrogen-bond acceptors (Lipinski definition) is 4. The molecular formula is C21H27N5O2. The van der Waals surface area contributed by atoms with Crippen molar-refractivity contribution in [3.63, 3.8) is 0 Å². The van der Waals surface area contributed by atoms with Crippen LogP contribution in [0.5, 0.6) is 0 Å². The van der Waals surface area contributed by atoms with Crippen molar-refractivity contribution in [2.24, 2.45) is 16.6 Å². The van der Waals surface area contributed by atoms with E-state index in [-0.39, 0.29) is 0 Å². The summed E-state index contributed by atoms with van der Waals surface area (Å²) in [4.78, 5) is 29.2. The highest BCUT2D eigenvalue weighted by atomic mass is 16.2. The van der Waals surface area contributed by atoms with Gasteiger partial charge >= 0.3 is 0 Å². The van der Waals surface area contributed by atoms with Gasteiger partial charge < -0.3 is 15.6 Å². The third kappa shape index (κ3) is 3.77. The Balaban J connectivity index is 2.29. The summed E-state index contributed by atoms with van der Waals surface area (Å²) in [5.41, 5.74) is 3.70. The maximum absolute atomic E-state index is 12.8. The number of nitrogens with two attached hydrogens (primary N) is 1. The van der Waals surface area contributed by atoms with Crippen molar-refractivity contribution >= 4 is 11.8 Å². The number of nitriles is 1. The minimum absolute atomic E-state index is 0.347. The molecule has 0 bridgehead atoms. The summed E-state index contributed by atoms with van der Waals surface area (Å²) in [6.45, 7) is 9.85. The van der Waals surface area contributed by atoms with Crippen LogP contribution in [0.15, 0.2) is 43.0 Å². The number of primary amides is 1. The number of rotatable bonds is 6. The first-order valence-corrected chi connectivity index (χ1v) is 9.03. The monoisotopic (exact) mass is 381 g/mol. The molecule has 2 rings (SSSR count). The number of imidazole rings is 1. The average molecular weight is 381 g/mol. The van der Waals surface area contributed by atoms with Crippen molar-refractivity contribution in [3.8, 4) is 6.07 Å². The molecule has 0 aliphatic rings. The van der Waals surface area contributed by atoms with Crippen molar-refractivity contribution in [3.05, 3.63) is 54.1 Å². The lowest BCUT2D eigenvalue weighted by atomic mass is 9.58. The van der Waals surface area contributed by atoms with Crippen LogP contribution < -0.4 is 11.1 Å². The highest BCUT2D eigenvalue weighted by Gasteiger charge is 2.57. The van der Waals surface area contributed by atoms with Gasteiger partial charge in [0.15, 0.2) is 0 Å². The molecule has 0 radical (unpaired) electrons. The van der Waals surface area contributed by atoms with Gasteiger partial charge in [0, 0.05) is 29.9 Å². The average Bonchev–Trinajstić information content (AvgIpc) is 3.11. The summed E-state index contributed by atoms with van der Waals surface area (Å²) in [7, 11) is 0. The molecule has 2 aromatic rings. The Kier molecular flexibility index (Phi) is 5.64. The van der Waals surface area contributed by atoms with Crippen LogP contribution in [-0.4, -0.2) is 26.9 Å². The zero-order valence-corrected chi connectivity index (χ0v) is 17.0. The fraction of sp³-hybridized carbons (Fsp3) is 0.429. The Labute approximate surface area is 165 Å². The molecule has 0 saturated heterocycles. The van der Waals surface area contributed by atoms with Crippen LogP contribution in [0.4, 0.5) is 0 Å². The molecule has 1 atom stereocenters. The second kappa shape index (κ2) is 7.47. The summed E-state index contributed by atoms with van der Waals surface area (Å²) < 4.78 is 1.91. The fourth-order valence-corrected chi connectivity index (χ4v) is 2.91. The molecule has 0 saturated carbocycles. The minimum Gasteiger partial charge on any atom is -0.367 e.